The van der Waals surface area contributed by atoms with Crippen molar-refractivity contribution in [2.75, 3.05) is 6.61 Å². The maximum absolute atomic E-state index is 11.6. The van der Waals surface area contributed by atoms with Gasteiger partial charge in [-0.2, -0.15) is 8.42 Å². The van der Waals surface area contributed by atoms with Crippen LogP contribution in [-0.2, 0) is 25.5 Å². The molecule has 1 rings (SSSR count). The van der Waals surface area contributed by atoms with Gasteiger partial charge in [-0.3, -0.25) is 4.18 Å². The molecule has 0 bridgehead atoms. The highest BCUT2D eigenvalue weighted by atomic mass is 32.2. The summed E-state index contributed by atoms with van der Waals surface area (Å²) < 4.78 is 27.5. The quantitative estimate of drug-likeness (QED) is 0.797. The lowest BCUT2D eigenvalue weighted by molar-refractivity contribution is -0.139. The van der Waals surface area contributed by atoms with Crippen molar-refractivity contribution in [1.82, 2.24) is 0 Å². The molecule has 100 valence electrons. The van der Waals surface area contributed by atoms with Gasteiger partial charge in [0.25, 0.3) is 10.1 Å². The van der Waals surface area contributed by atoms with E-state index in [4.69, 9.17) is 5.11 Å². The summed E-state index contributed by atoms with van der Waals surface area (Å²) in [5.41, 5.74) is 1.03. The van der Waals surface area contributed by atoms with Gasteiger partial charge in [0.1, 0.15) is 0 Å². The number of hydrogen-bond acceptors (Lipinski definition) is 4. The number of benzene rings is 1. The van der Waals surface area contributed by atoms with Gasteiger partial charge in [-0.1, -0.05) is 26.0 Å². The minimum atomic E-state index is -3.98. The molecule has 0 unspecified atom stereocenters. The van der Waals surface area contributed by atoms with Crippen LogP contribution in [0.1, 0.15) is 19.4 Å². The highest BCUT2D eigenvalue weighted by Crippen LogP contribution is 2.15. The SMILES string of the molecule is CC(C)Cc1ccc(S(=O)(=O)OCC(=O)O)cc1. The summed E-state index contributed by atoms with van der Waals surface area (Å²) in [4.78, 5) is 10.2. The molecular formula is C12H16O5S. The second kappa shape index (κ2) is 5.97. The van der Waals surface area contributed by atoms with Crippen LogP contribution < -0.4 is 0 Å². The molecule has 0 heterocycles. The van der Waals surface area contributed by atoms with E-state index in [1.807, 2.05) is 0 Å². The lowest BCUT2D eigenvalue weighted by atomic mass is 10.0. The van der Waals surface area contributed by atoms with Crippen LogP contribution in [0.2, 0.25) is 0 Å². The van der Waals surface area contributed by atoms with Crippen molar-refractivity contribution in [3.8, 4) is 0 Å². The lowest BCUT2D eigenvalue weighted by Crippen LogP contribution is -2.13. The fourth-order valence-corrected chi connectivity index (χ4v) is 2.32. The number of carboxylic acids is 1. The molecule has 18 heavy (non-hydrogen) atoms. The van der Waals surface area contributed by atoms with E-state index in [0.717, 1.165) is 12.0 Å². The Balaban J connectivity index is 2.81. The topological polar surface area (TPSA) is 80.7 Å². The van der Waals surface area contributed by atoms with Gasteiger partial charge < -0.3 is 5.11 Å². The maximum atomic E-state index is 11.6. The Hall–Kier alpha value is -1.40. The van der Waals surface area contributed by atoms with E-state index in [2.05, 4.69) is 18.0 Å². The molecule has 5 nitrogen and oxygen atoms in total. The van der Waals surface area contributed by atoms with Crippen molar-refractivity contribution < 1.29 is 22.5 Å². The zero-order valence-corrected chi connectivity index (χ0v) is 11.1. The third-order valence-corrected chi connectivity index (χ3v) is 3.47. The van der Waals surface area contributed by atoms with Crippen molar-refractivity contribution >= 4 is 16.1 Å². The smallest absolute Gasteiger partial charge is 0.331 e. The van der Waals surface area contributed by atoms with Crippen LogP contribution >= 0.6 is 0 Å². The van der Waals surface area contributed by atoms with Gasteiger partial charge in [0.05, 0.1) is 4.90 Å². The molecule has 0 aliphatic heterocycles. The molecule has 1 aromatic carbocycles. The summed E-state index contributed by atoms with van der Waals surface area (Å²) in [6, 6.07) is 6.26. The number of rotatable bonds is 6. The zero-order valence-electron chi connectivity index (χ0n) is 10.3. The van der Waals surface area contributed by atoms with Crippen LogP contribution in [0.5, 0.6) is 0 Å². The van der Waals surface area contributed by atoms with Crippen molar-refractivity contribution in [3.05, 3.63) is 29.8 Å². The second-order valence-corrected chi connectivity index (χ2v) is 5.97. The molecule has 6 heteroatoms. The molecule has 0 saturated heterocycles. The lowest BCUT2D eigenvalue weighted by Gasteiger charge is -2.07. The van der Waals surface area contributed by atoms with Crippen LogP contribution in [0.4, 0.5) is 0 Å². The largest absolute Gasteiger partial charge is 0.479 e. The van der Waals surface area contributed by atoms with Crippen LogP contribution in [0.15, 0.2) is 29.2 Å². The van der Waals surface area contributed by atoms with Crippen molar-refractivity contribution in [2.24, 2.45) is 5.92 Å². The Morgan fingerprint density at radius 3 is 2.28 bits per heavy atom. The molecule has 0 radical (unpaired) electrons. The fraction of sp³-hybridized carbons (Fsp3) is 0.417. The summed E-state index contributed by atoms with van der Waals surface area (Å²) in [5.74, 6) is -0.842. The Labute approximate surface area is 107 Å². The molecule has 0 saturated carbocycles. The van der Waals surface area contributed by atoms with E-state index in [9.17, 15) is 13.2 Å². The van der Waals surface area contributed by atoms with Gasteiger partial charge in [0.2, 0.25) is 0 Å². The molecule has 1 N–H and O–H groups in total. The molecule has 0 fully saturated rings. The minimum absolute atomic E-state index is 0.0312. The molecule has 1 aromatic rings. The summed E-state index contributed by atoms with van der Waals surface area (Å²) in [7, 11) is -3.98. The van der Waals surface area contributed by atoms with Crippen LogP contribution in [0, 0.1) is 5.92 Å². The molecular weight excluding hydrogens is 256 g/mol. The summed E-state index contributed by atoms with van der Waals surface area (Å²) in [6.45, 7) is 3.28. The Morgan fingerprint density at radius 2 is 1.83 bits per heavy atom. The molecule has 0 aromatic heterocycles. The van der Waals surface area contributed by atoms with E-state index in [0.29, 0.717) is 5.92 Å². The van der Waals surface area contributed by atoms with Crippen molar-refractivity contribution in [3.63, 3.8) is 0 Å². The van der Waals surface area contributed by atoms with E-state index in [-0.39, 0.29) is 4.90 Å². The fourth-order valence-electron chi connectivity index (χ4n) is 1.46. The molecule has 0 aliphatic carbocycles. The number of carbonyl (C=O) groups is 1. The van der Waals surface area contributed by atoms with E-state index >= 15 is 0 Å². The Kier molecular flexibility index (Phi) is 4.86. The first-order chi connectivity index (χ1) is 8.31. The van der Waals surface area contributed by atoms with Crippen molar-refractivity contribution in [2.45, 2.75) is 25.2 Å². The first-order valence-electron chi connectivity index (χ1n) is 5.51. The van der Waals surface area contributed by atoms with Gasteiger partial charge >= 0.3 is 5.97 Å². The van der Waals surface area contributed by atoms with Crippen molar-refractivity contribution in [1.29, 1.82) is 0 Å². The molecule has 0 spiro atoms. The maximum Gasteiger partial charge on any atom is 0.331 e. The van der Waals surface area contributed by atoms with Gasteiger partial charge in [-0.05, 0) is 30.0 Å². The predicted octanol–water partition coefficient (Wildman–Crippen LogP) is 1.68. The summed E-state index contributed by atoms with van der Waals surface area (Å²) in [6.07, 6.45) is 0.857. The first-order valence-corrected chi connectivity index (χ1v) is 6.92. The molecule has 0 atom stereocenters. The van der Waals surface area contributed by atoms with E-state index < -0.39 is 22.7 Å². The number of carboxylic acid groups (broad SMARTS) is 1. The highest BCUT2D eigenvalue weighted by molar-refractivity contribution is 7.86. The van der Waals surface area contributed by atoms with E-state index in [1.54, 1.807) is 12.1 Å². The van der Waals surface area contributed by atoms with Gasteiger partial charge in [-0.25, -0.2) is 4.79 Å². The van der Waals surface area contributed by atoms with Gasteiger partial charge in [-0.15, -0.1) is 0 Å². The van der Waals surface area contributed by atoms with Crippen LogP contribution in [-0.4, -0.2) is 26.1 Å². The number of aliphatic carboxylic acids is 1. The first kappa shape index (κ1) is 14.7. The van der Waals surface area contributed by atoms with E-state index in [1.165, 1.54) is 12.1 Å². The van der Waals surface area contributed by atoms with Gasteiger partial charge in [0.15, 0.2) is 6.61 Å². The monoisotopic (exact) mass is 272 g/mol. The third-order valence-electron chi connectivity index (χ3n) is 2.19. The Morgan fingerprint density at radius 1 is 1.28 bits per heavy atom. The normalized spacial score (nSPS) is 11.7. The molecule has 0 aliphatic rings. The average Bonchev–Trinajstić information content (AvgIpc) is 2.26. The average molecular weight is 272 g/mol. The minimum Gasteiger partial charge on any atom is -0.479 e. The zero-order chi connectivity index (χ0) is 13.8. The number of hydrogen-bond donors (Lipinski definition) is 1. The third kappa shape index (κ3) is 4.46. The summed E-state index contributed by atoms with van der Waals surface area (Å²) in [5, 5.41) is 8.38. The standard InChI is InChI=1S/C12H16O5S/c1-9(2)7-10-3-5-11(6-4-10)18(15,16)17-8-12(13)14/h3-6,9H,7-8H2,1-2H3,(H,13,14). The predicted molar refractivity (Wildman–Crippen MR) is 65.8 cm³/mol. The highest BCUT2D eigenvalue weighted by Gasteiger charge is 2.16. The van der Waals surface area contributed by atoms with Crippen LogP contribution in [0.3, 0.4) is 0 Å². The second-order valence-electron chi connectivity index (χ2n) is 4.35. The molecule has 0 amide bonds. The Bertz CT molecular complexity index is 502. The van der Waals surface area contributed by atoms with Gasteiger partial charge in [0, 0.05) is 0 Å². The van der Waals surface area contributed by atoms with Crippen LogP contribution in [0.25, 0.3) is 0 Å². The summed E-state index contributed by atoms with van der Waals surface area (Å²) >= 11 is 0.